The molecule has 1 aromatic carbocycles. The first-order valence-corrected chi connectivity index (χ1v) is 15.2. The van der Waals surface area contributed by atoms with Crippen molar-refractivity contribution in [2.45, 2.75) is 85.1 Å². The molecule has 3 heterocycles. The molecule has 2 aromatic heterocycles. The minimum Gasteiger partial charge on any atom is -0.326 e. The van der Waals surface area contributed by atoms with Crippen LogP contribution in [0, 0.1) is 6.92 Å². The number of carbonyl (C=O) groups is 4. The zero-order valence-electron chi connectivity index (χ0n) is 25.5. The predicted octanol–water partition coefficient (Wildman–Crippen LogP) is 7.63. The number of aromatic nitrogens is 1. The third-order valence-corrected chi connectivity index (χ3v) is 9.13. The molecule has 1 aliphatic rings. The Labute approximate surface area is 251 Å². The van der Waals surface area contributed by atoms with Crippen molar-refractivity contribution in [3.63, 3.8) is 0 Å². The van der Waals surface area contributed by atoms with Gasteiger partial charge >= 0.3 is 6.03 Å². The summed E-state index contributed by atoms with van der Waals surface area (Å²) in [4.78, 5) is 58.8. The van der Waals surface area contributed by atoms with Gasteiger partial charge in [0.25, 0.3) is 5.91 Å². The lowest BCUT2D eigenvalue weighted by molar-refractivity contribution is -0.130. The van der Waals surface area contributed by atoms with Gasteiger partial charge in [-0.15, -0.1) is 11.3 Å². The summed E-state index contributed by atoms with van der Waals surface area (Å²) in [6.07, 6.45) is 3.99. The van der Waals surface area contributed by atoms with Crippen molar-refractivity contribution >= 4 is 45.5 Å². The van der Waals surface area contributed by atoms with E-state index in [0.717, 1.165) is 28.0 Å². The molecule has 1 saturated heterocycles. The second-order valence-corrected chi connectivity index (χ2v) is 13.4. The molecule has 0 atom stereocenters. The summed E-state index contributed by atoms with van der Waals surface area (Å²) < 4.78 is 0. The maximum atomic E-state index is 13.8. The fourth-order valence-electron chi connectivity index (χ4n) is 5.00. The molecule has 0 bridgehead atoms. The first kappa shape index (κ1) is 31.1. The van der Waals surface area contributed by atoms with E-state index in [4.69, 9.17) is 0 Å². The smallest absolute Gasteiger partial charge is 0.324 e. The van der Waals surface area contributed by atoms with Gasteiger partial charge in [0.1, 0.15) is 10.7 Å². The third-order valence-electron chi connectivity index (χ3n) is 7.65. The zero-order chi connectivity index (χ0) is 30.8. The van der Waals surface area contributed by atoms with Crippen LogP contribution in [0.4, 0.5) is 15.5 Å². The van der Waals surface area contributed by atoms with Gasteiger partial charge < -0.3 is 10.2 Å². The molecular weight excluding hydrogens is 548 g/mol. The maximum absolute atomic E-state index is 13.8. The van der Waals surface area contributed by atoms with Crippen LogP contribution in [-0.4, -0.2) is 45.5 Å². The monoisotopic (exact) mass is 588 g/mol. The number of anilines is 2. The number of pyridine rings is 1. The van der Waals surface area contributed by atoms with Crippen molar-refractivity contribution in [2.75, 3.05) is 17.2 Å². The van der Waals surface area contributed by atoms with Crippen molar-refractivity contribution in [3.8, 4) is 11.1 Å². The molecule has 0 radical (unpaired) electrons. The first-order valence-electron chi connectivity index (χ1n) is 14.4. The Morgan fingerprint density at radius 3 is 2.45 bits per heavy atom. The second kappa shape index (κ2) is 12.2. The molecule has 1 aliphatic heterocycles. The Morgan fingerprint density at radius 1 is 1.07 bits per heavy atom. The van der Waals surface area contributed by atoms with Gasteiger partial charge in [0.15, 0.2) is 11.6 Å². The van der Waals surface area contributed by atoms with Gasteiger partial charge in [-0.2, -0.15) is 0 Å². The Balaban J connectivity index is 1.57. The summed E-state index contributed by atoms with van der Waals surface area (Å²) in [7, 11) is 0. The van der Waals surface area contributed by atoms with Crippen LogP contribution < -0.4 is 10.6 Å². The van der Waals surface area contributed by atoms with E-state index in [1.54, 1.807) is 31.0 Å². The number of thiophene rings is 1. The maximum Gasteiger partial charge on any atom is 0.324 e. The molecule has 0 unspecified atom stereocenters. The summed E-state index contributed by atoms with van der Waals surface area (Å²) in [5, 5.41) is 6.24. The van der Waals surface area contributed by atoms with Gasteiger partial charge in [-0.1, -0.05) is 39.8 Å². The summed E-state index contributed by atoms with van der Waals surface area (Å²) in [6, 6.07) is 10.5. The van der Waals surface area contributed by atoms with Gasteiger partial charge in [-0.05, 0) is 74.4 Å². The van der Waals surface area contributed by atoms with E-state index >= 15 is 0 Å². The SMILES string of the molecule is CCCC(=O)c1ccc(-c2cc(NC(=O)Nc3sc(C(C)(C)C)cc3C(=O)N3CCCC(=O)C3(C)C)ccc2C)cn1. The summed E-state index contributed by atoms with van der Waals surface area (Å²) in [5.74, 6) is -0.210. The van der Waals surface area contributed by atoms with Crippen LogP contribution in [0.15, 0.2) is 42.6 Å². The van der Waals surface area contributed by atoms with Crippen LogP contribution >= 0.6 is 11.3 Å². The van der Waals surface area contributed by atoms with E-state index in [9.17, 15) is 19.2 Å². The molecular formula is C33H40N4O4S. The van der Waals surface area contributed by atoms with Crippen LogP contribution in [0.2, 0.25) is 0 Å². The van der Waals surface area contributed by atoms with Crippen molar-refractivity contribution in [1.82, 2.24) is 9.88 Å². The minimum absolute atomic E-state index is 0.0179. The minimum atomic E-state index is -0.909. The highest BCUT2D eigenvalue weighted by atomic mass is 32.1. The average Bonchev–Trinajstić information content (AvgIpc) is 3.35. The molecule has 9 heteroatoms. The standard InChI is InChI=1S/C33H40N4O4S/c1-8-10-26(38)25-15-13-21(19-34-25)23-17-22(14-12-20(23)2)35-31(41)36-29-24(18-28(42-29)32(3,4)5)30(40)37-16-9-11-27(39)33(37,6)7/h12-15,17-19H,8-11,16H2,1-7H3,(H2,35,36,41). The molecule has 0 saturated carbocycles. The van der Waals surface area contributed by atoms with Crippen molar-refractivity contribution in [3.05, 3.63) is 64.3 Å². The topological polar surface area (TPSA) is 108 Å². The molecule has 222 valence electrons. The number of nitrogens with zero attached hydrogens (tertiary/aromatic N) is 2. The van der Waals surface area contributed by atoms with Gasteiger partial charge in [-0.25, -0.2) is 4.79 Å². The fourth-order valence-corrected chi connectivity index (χ4v) is 6.10. The number of carbonyl (C=O) groups excluding carboxylic acids is 4. The highest BCUT2D eigenvalue weighted by molar-refractivity contribution is 7.16. The Kier molecular flexibility index (Phi) is 9.01. The van der Waals surface area contributed by atoms with E-state index < -0.39 is 11.6 Å². The molecule has 1 fully saturated rings. The number of rotatable bonds is 7. The molecule has 3 aromatic rings. The highest BCUT2D eigenvalue weighted by Gasteiger charge is 2.41. The number of amides is 3. The number of hydrogen-bond acceptors (Lipinski definition) is 6. The van der Waals surface area contributed by atoms with E-state index in [1.807, 2.05) is 44.2 Å². The molecule has 8 nitrogen and oxygen atoms in total. The number of benzene rings is 1. The average molecular weight is 589 g/mol. The Hall–Kier alpha value is -3.85. The predicted molar refractivity (Wildman–Crippen MR) is 169 cm³/mol. The van der Waals surface area contributed by atoms with Crippen LogP contribution in [-0.2, 0) is 10.2 Å². The summed E-state index contributed by atoms with van der Waals surface area (Å²) in [5.41, 5.74) is 2.97. The van der Waals surface area contributed by atoms with Gasteiger partial charge in [0.2, 0.25) is 0 Å². The molecule has 0 spiro atoms. The molecule has 42 heavy (non-hydrogen) atoms. The van der Waals surface area contributed by atoms with E-state index in [1.165, 1.54) is 11.3 Å². The number of aryl methyl sites for hydroxylation is 1. The Bertz CT molecular complexity index is 1520. The molecule has 0 aliphatic carbocycles. The molecule has 2 N–H and O–H groups in total. The third kappa shape index (κ3) is 6.62. The molecule has 3 amide bonds. The van der Waals surface area contributed by atoms with Gasteiger partial charge in [-0.3, -0.25) is 24.7 Å². The Morgan fingerprint density at radius 2 is 1.81 bits per heavy atom. The van der Waals surface area contributed by atoms with Gasteiger partial charge in [0.05, 0.1) is 11.1 Å². The second-order valence-electron chi connectivity index (χ2n) is 12.4. The number of nitrogens with one attached hydrogen (secondary N) is 2. The highest BCUT2D eigenvalue weighted by Crippen LogP contribution is 2.38. The summed E-state index contributed by atoms with van der Waals surface area (Å²) >= 11 is 1.37. The number of ketones is 2. The van der Waals surface area contributed by atoms with Crippen LogP contribution in [0.25, 0.3) is 11.1 Å². The number of urea groups is 1. The number of likely N-dealkylation sites (tertiary alicyclic amines) is 1. The zero-order valence-corrected chi connectivity index (χ0v) is 26.3. The van der Waals surface area contributed by atoms with Gasteiger partial charge in [0, 0.05) is 41.7 Å². The lowest BCUT2D eigenvalue weighted by Gasteiger charge is -2.41. The van der Waals surface area contributed by atoms with Crippen molar-refractivity contribution < 1.29 is 19.2 Å². The van der Waals surface area contributed by atoms with Crippen molar-refractivity contribution in [1.29, 1.82) is 0 Å². The lowest BCUT2D eigenvalue weighted by Crippen LogP contribution is -2.56. The lowest BCUT2D eigenvalue weighted by atomic mass is 9.88. The van der Waals surface area contributed by atoms with E-state index in [2.05, 4.69) is 36.4 Å². The largest absolute Gasteiger partial charge is 0.326 e. The number of Topliss-reactive ketones (excluding diaryl/α,β-unsaturated/α-hetero) is 2. The quantitative estimate of drug-likeness (QED) is 0.276. The van der Waals surface area contributed by atoms with E-state index in [0.29, 0.717) is 47.8 Å². The molecule has 4 rings (SSSR count). The van der Waals surface area contributed by atoms with E-state index in [-0.39, 0.29) is 22.9 Å². The normalized spacial score (nSPS) is 14.9. The first-order chi connectivity index (χ1) is 19.7. The summed E-state index contributed by atoms with van der Waals surface area (Å²) in [6.45, 7) is 14.1. The fraction of sp³-hybridized carbons (Fsp3) is 0.424. The van der Waals surface area contributed by atoms with Crippen molar-refractivity contribution in [2.24, 2.45) is 0 Å². The number of hydrogen-bond donors (Lipinski definition) is 2. The van der Waals surface area contributed by atoms with Crippen LogP contribution in [0.1, 0.15) is 98.5 Å². The number of piperidine rings is 1. The van der Waals surface area contributed by atoms with Crippen LogP contribution in [0.5, 0.6) is 0 Å². The van der Waals surface area contributed by atoms with Crippen LogP contribution in [0.3, 0.4) is 0 Å².